The molecule has 3 amide bonds. The highest BCUT2D eigenvalue weighted by atomic mass is 16.4. The zero-order valence-corrected chi connectivity index (χ0v) is 34.5. The van der Waals surface area contributed by atoms with Gasteiger partial charge in [-0.1, -0.05) is 67.9 Å². The summed E-state index contributed by atoms with van der Waals surface area (Å²) in [6, 6.07) is 15.3. The molecule has 1 aliphatic heterocycles. The van der Waals surface area contributed by atoms with E-state index in [1.807, 2.05) is 61.5 Å². The number of carboxylic acids is 3. The Balaban J connectivity index is 1.87. The zero-order valence-electron chi connectivity index (χ0n) is 34.5. The lowest BCUT2D eigenvalue weighted by atomic mass is 10.00. The predicted octanol–water partition coefficient (Wildman–Crippen LogP) is -0.689. The van der Waals surface area contributed by atoms with E-state index in [2.05, 4.69) is 20.9 Å². The van der Waals surface area contributed by atoms with E-state index in [1.165, 1.54) is 0 Å². The molecule has 2 aromatic carbocycles. The molecule has 1 aliphatic rings. The molecule has 0 saturated carbocycles. The minimum Gasteiger partial charge on any atom is -0.480 e. The van der Waals surface area contributed by atoms with Crippen molar-refractivity contribution in [3.8, 4) is 11.1 Å². The van der Waals surface area contributed by atoms with Crippen molar-refractivity contribution in [2.24, 2.45) is 16.5 Å². The Morgan fingerprint density at radius 1 is 0.633 bits per heavy atom. The van der Waals surface area contributed by atoms with Gasteiger partial charge in [0.15, 0.2) is 5.96 Å². The zero-order chi connectivity index (χ0) is 43.9. The Kier molecular flexibility index (Phi) is 21.5. The number of aliphatic imine (C=N–C) groups is 1. The Bertz CT molecular complexity index is 1680. The first-order valence-corrected chi connectivity index (χ1v) is 20.3. The average molecular weight is 839 g/mol. The van der Waals surface area contributed by atoms with Gasteiger partial charge in [-0.15, -0.1) is 0 Å². The first kappa shape index (κ1) is 48.7. The Morgan fingerprint density at radius 2 is 1.12 bits per heavy atom. The van der Waals surface area contributed by atoms with Crippen LogP contribution in [0.15, 0.2) is 59.6 Å². The quantitative estimate of drug-likeness (QED) is 0.0414. The summed E-state index contributed by atoms with van der Waals surface area (Å²) in [4.78, 5) is 87.1. The number of carbonyl (C=O) groups excluding carboxylic acids is 3. The summed E-state index contributed by atoms with van der Waals surface area (Å²) < 4.78 is 0. The fourth-order valence-electron chi connectivity index (χ4n) is 6.69. The van der Waals surface area contributed by atoms with Gasteiger partial charge in [-0.25, -0.2) is 0 Å². The van der Waals surface area contributed by atoms with Crippen LogP contribution < -0.4 is 27.4 Å². The molecule has 2 aromatic rings. The van der Waals surface area contributed by atoms with Crippen LogP contribution in [0.1, 0.15) is 38.2 Å². The van der Waals surface area contributed by atoms with Crippen LogP contribution >= 0.6 is 0 Å². The lowest BCUT2D eigenvalue weighted by Gasteiger charge is -2.33. The van der Waals surface area contributed by atoms with Gasteiger partial charge in [0.05, 0.1) is 26.2 Å². The summed E-state index contributed by atoms with van der Waals surface area (Å²) in [7, 11) is 0. The summed E-state index contributed by atoms with van der Waals surface area (Å²) in [5.41, 5.74) is 13.7. The van der Waals surface area contributed by atoms with Crippen LogP contribution in [0.25, 0.3) is 11.1 Å². The summed E-state index contributed by atoms with van der Waals surface area (Å²) in [5, 5.41) is 37.3. The number of carbonyl (C=O) groups is 6. The third-order valence-corrected chi connectivity index (χ3v) is 9.93. The molecular weight excluding hydrogens is 777 g/mol. The van der Waals surface area contributed by atoms with E-state index in [1.54, 1.807) is 19.6 Å². The van der Waals surface area contributed by atoms with Gasteiger partial charge in [-0.2, -0.15) is 0 Å². The second-order valence-corrected chi connectivity index (χ2v) is 14.8. The molecule has 3 rings (SSSR count). The highest BCUT2D eigenvalue weighted by molar-refractivity contribution is 5.92. The summed E-state index contributed by atoms with van der Waals surface area (Å²) in [5.74, 6) is -4.74. The molecule has 1 saturated heterocycles. The fraction of sp³-hybridized carbons (Fsp3) is 0.537. The number of benzene rings is 2. The van der Waals surface area contributed by atoms with E-state index < -0.39 is 41.8 Å². The average Bonchev–Trinajstić information content (AvgIpc) is 3.19. The summed E-state index contributed by atoms with van der Waals surface area (Å²) in [6.45, 7) is 3.33. The second kappa shape index (κ2) is 26.5. The summed E-state index contributed by atoms with van der Waals surface area (Å²) in [6.07, 6.45) is 2.33. The van der Waals surface area contributed by atoms with E-state index in [4.69, 9.17) is 11.5 Å². The number of aliphatic carboxylic acids is 3. The molecule has 0 spiro atoms. The fourth-order valence-corrected chi connectivity index (χ4v) is 6.69. The van der Waals surface area contributed by atoms with E-state index in [9.17, 15) is 44.1 Å². The van der Waals surface area contributed by atoms with Crippen LogP contribution in [0.2, 0.25) is 0 Å². The number of nitrogens with two attached hydrogens (primary N) is 2. The molecule has 330 valence electrons. The second-order valence-electron chi connectivity index (χ2n) is 14.8. The number of guanidine groups is 1. The molecule has 60 heavy (non-hydrogen) atoms. The monoisotopic (exact) mass is 838 g/mol. The van der Waals surface area contributed by atoms with Crippen molar-refractivity contribution in [1.29, 1.82) is 0 Å². The minimum atomic E-state index is -1.11. The van der Waals surface area contributed by atoms with E-state index in [-0.39, 0.29) is 110 Å². The van der Waals surface area contributed by atoms with E-state index >= 15 is 0 Å². The van der Waals surface area contributed by atoms with E-state index in [0.29, 0.717) is 13.0 Å². The van der Waals surface area contributed by atoms with Gasteiger partial charge < -0.3 is 42.7 Å². The first-order chi connectivity index (χ1) is 28.7. The molecular formula is C41H62N10O9. The maximum absolute atomic E-state index is 14.1. The van der Waals surface area contributed by atoms with Gasteiger partial charge in [0.25, 0.3) is 0 Å². The number of nitrogens with zero attached hydrogens (tertiary/aromatic N) is 5. The smallest absolute Gasteiger partial charge is 0.317 e. The molecule has 10 N–H and O–H groups in total. The third kappa shape index (κ3) is 19.4. The van der Waals surface area contributed by atoms with Crippen molar-refractivity contribution in [2.45, 2.75) is 51.1 Å². The normalized spacial score (nSPS) is 15.9. The van der Waals surface area contributed by atoms with Crippen molar-refractivity contribution in [1.82, 2.24) is 35.6 Å². The molecule has 19 heteroatoms. The maximum atomic E-state index is 14.1. The van der Waals surface area contributed by atoms with Crippen LogP contribution in [0.3, 0.4) is 0 Å². The highest BCUT2D eigenvalue weighted by Gasteiger charge is 2.28. The number of nitrogens with one attached hydrogen (secondary N) is 3. The van der Waals surface area contributed by atoms with Crippen molar-refractivity contribution in [3.63, 3.8) is 0 Å². The largest absolute Gasteiger partial charge is 0.480 e. The first-order valence-electron chi connectivity index (χ1n) is 20.3. The van der Waals surface area contributed by atoms with Crippen molar-refractivity contribution >= 4 is 41.6 Å². The van der Waals surface area contributed by atoms with Gasteiger partial charge in [-0.05, 0) is 36.0 Å². The molecule has 1 heterocycles. The van der Waals surface area contributed by atoms with Gasteiger partial charge in [-0.3, -0.25) is 53.4 Å². The molecule has 0 aliphatic carbocycles. The molecule has 0 radical (unpaired) electrons. The molecule has 0 aromatic heterocycles. The van der Waals surface area contributed by atoms with Gasteiger partial charge in [0, 0.05) is 71.9 Å². The maximum Gasteiger partial charge on any atom is 0.317 e. The lowest BCUT2D eigenvalue weighted by molar-refractivity contribution is -0.140. The van der Waals surface area contributed by atoms with Crippen LogP contribution in [0.4, 0.5) is 0 Å². The molecule has 1 unspecified atom stereocenters. The number of amides is 3. The molecule has 2 atom stereocenters. The standard InChI is InChI=1S/C41H62N10O9/c1-2-3-15-44-39(59)33(10-7-16-45-41(42)43)47-40(60)34(25-30-11-13-32(14-12-30)31-8-5-4-6-9-31)46-35(52)26-48-17-19-49(27-36(53)54)21-23-51(29-38(57)58)24-22-50(20-18-48)28-37(55)56/h4-6,8-9,11-14,33-34H,2-3,7,10,15-29H2,1H3,(H,44,59)(H,46,52)(H,47,60)(H,53,54)(H,55,56)(H,57,58)(H4,42,43,45)/t33?,34-/m1/s1. The predicted molar refractivity (Wildman–Crippen MR) is 226 cm³/mol. The Labute approximate surface area is 351 Å². The topological polar surface area (TPSA) is 277 Å². The molecule has 19 nitrogen and oxygen atoms in total. The van der Waals surface area contributed by atoms with Crippen molar-refractivity contribution in [3.05, 3.63) is 60.2 Å². The van der Waals surface area contributed by atoms with Gasteiger partial charge in [0.2, 0.25) is 17.7 Å². The van der Waals surface area contributed by atoms with Gasteiger partial charge in [0.1, 0.15) is 12.1 Å². The SMILES string of the molecule is CCCCNC(=O)C(CCCN=C(N)N)NC(=O)[C@@H](Cc1ccc(-c2ccccc2)cc1)NC(=O)CN1CCN(CC(=O)O)CCN(CC(=O)O)CCN(CC(=O)O)CC1. The van der Waals surface area contributed by atoms with Crippen LogP contribution in [-0.4, -0.2) is 180 Å². The number of hydrogen-bond donors (Lipinski definition) is 8. The highest BCUT2D eigenvalue weighted by Crippen LogP contribution is 2.20. The minimum absolute atomic E-state index is 0.0899. The van der Waals surface area contributed by atoms with Gasteiger partial charge >= 0.3 is 17.9 Å². The number of carboxylic acid groups (broad SMARTS) is 3. The molecule has 0 bridgehead atoms. The van der Waals surface area contributed by atoms with Crippen molar-refractivity contribution in [2.75, 3.05) is 91.6 Å². The van der Waals surface area contributed by atoms with Crippen LogP contribution in [0, 0.1) is 0 Å². The Morgan fingerprint density at radius 3 is 1.58 bits per heavy atom. The number of rotatable bonds is 22. The summed E-state index contributed by atoms with van der Waals surface area (Å²) >= 11 is 0. The third-order valence-electron chi connectivity index (χ3n) is 9.93. The lowest BCUT2D eigenvalue weighted by Crippen LogP contribution is -2.56. The number of hydrogen-bond acceptors (Lipinski definition) is 11. The molecule has 1 fully saturated rings. The Hall–Kier alpha value is -5.63. The van der Waals surface area contributed by atoms with Crippen molar-refractivity contribution < 1.29 is 44.1 Å². The number of unbranched alkanes of at least 4 members (excludes halogenated alkanes) is 1. The van der Waals surface area contributed by atoms with Crippen LogP contribution in [0.5, 0.6) is 0 Å². The van der Waals surface area contributed by atoms with Crippen LogP contribution in [-0.2, 0) is 35.2 Å². The van der Waals surface area contributed by atoms with E-state index in [0.717, 1.165) is 29.5 Å².